The first kappa shape index (κ1) is 29.7. The van der Waals surface area contributed by atoms with Gasteiger partial charge in [0.15, 0.2) is 0 Å². The van der Waals surface area contributed by atoms with E-state index in [2.05, 4.69) is 58.0 Å². The topological polar surface area (TPSA) is 71.0 Å². The van der Waals surface area contributed by atoms with Crippen molar-refractivity contribution >= 4 is 112 Å². The van der Waals surface area contributed by atoms with Crippen LogP contribution in [-0.2, 0) is 9.31 Å². The van der Waals surface area contributed by atoms with Crippen LogP contribution in [0.1, 0.15) is 27.7 Å². The summed E-state index contributed by atoms with van der Waals surface area (Å²) >= 11 is 6.09. The minimum Gasteiger partial charge on any atom is -0.456 e. The minimum absolute atomic E-state index is 0.370. The number of halogens is 1. The molecule has 0 bridgehead atoms. The Balaban J connectivity index is 0.000000133. The highest BCUT2D eigenvalue weighted by molar-refractivity contribution is 6.62. The van der Waals surface area contributed by atoms with Gasteiger partial charge >= 0.3 is 7.12 Å². The van der Waals surface area contributed by atoms with Crippen LogP contribution in [0.2, 0.25) is 5.02 Å². The van der Waals surface area contributed by atoms with Crippen molar-refractivity contribution in [1.82, 2.24) is 0 Å². The lowest BCUT2D eigenvalue weighted by molar-refractivity contribution is 0.00578. The minimum atomic E-state index is -0.399. The van der Waals surface area contributed by atoms with E-state index < -0.39 is 7.12 Å². The molecule has 8 heteroatoms. The van der Waals surface area contributed by atoms with Crippen LogP contribution < -0.4 is 5.46 Å². The summed E-state index contributed by atoms with van der Waals surface area (Å²) in [6.45, 7) is 8.27. The van der Waals surface area contributed by atoms with Crippen molar-refractivity contribution in [2.75, 3.05) is 0 Å². The summed E-state index contributed by atoms with van der Waals surface area (Å²) in [6, 6.07) is 36.1. The van der Waals surface area contributed by atoms with E-state index in [1.54, 1.807) is 0 Å². The van der Waals surface area contributed by atoms with Gasteiger partial charge in [0.05, 0.1) is 11.2 Å². The standard InChI is InChI=1S/C24H21BO4.C18H9ClO2/c1-23(2)24(3,4)29-25(28-23)14-9-10-20-16(11-14)18-13-21-17(12-22(18)27-20)15-7-5-6-8-19(15)26-21;19-10-5-6-16-12(7-10)14-9-17-13(8-18(14)21-16)11-3-1-2-4-15(11)20-17/h5-13H,1-4H3;1-9H. The molecule has 10 aromatic rings. The van der Waals surface area contributed by atoms with Crippen molar-refractivity contribution in [1.29, 1.82) is 0 Å². The molecule has 0 atom stereocenters. The molecule has 6 aromatic carbocycles. The Morgan fingerprint density at radius 1 is 0.400 bits per heavy atom. The van der Waals surface area contributed by atoms with Gasteiger partial charge < -0.3 is 27.0 Å². The molecular formula is C42H30BClO6. The van der Waals surface area contributed by atoms with Gasteiger partial charge in [0.1, 0.15) is 44.7 Å². The third-order valence-corrected chi connectivity index (χ3v) is 10.7. The molecule has 50 heavy (non-hydrogen) atoms. The summed E-state index contributed by atoms with van der Waals surface area (Å²) < 4.78 is 36.5. The van der Waals surface area contributed by atoms with Crippen LogP contribution in [0.3, 0.4) is 0 Å². The Morgan fingerprint density at radius 3 is 1.28 bits per heavy atom. The molecule has 0 spiro atoms. The number of fused-ring (bicyclic) bond motifs is 12. The van der Waals surface area contributed by atoms with Gasteiger partial charge in [0.2, 0.25) is 0 Å². The highest BCUT2D eigenvalue weighted by Crippen LogP contribution is 2.40. The van der Waals surface area contributed by atoms with Gasteiger partial charge in [-0.2, -0.15) is 0 Å². The maximum absolute atomic E-state index is 6.23. The summed E-state index contributed by atoms with van der Waals surface area (Å²) in [5.74, 6) is 0. The van der Waals surface area contributed by atoms with Crippen molar-refractivity contribution in [3.63, 3.8) is 0 Å². The number of benzene rings is 6. The molecular weight excluding hydrogens is 647 g/mol. The molecule has 11 rings (SSSR count). The molecule has 6 nitrogen and oxygen atoms in total. The van der Waals surface area contributed by atoms with Crippen molar-refractivity contribution in [2.45, 2.75) is 38.9 Å². The highest BCUT2D eigenvalue weighted by atomic mass is 35.5. The predicted molar refractivity (Wildman–Crippen MR) is 203 cm³/mol. The molecule has 5 heterocycles. The first-order valence-electron chi connectivity index (χ1n) is 16.7. The molecule has 4 aromatic heterocycles. The van der Waals surface area contributed by atoms with Gasteiger partial charge in [-0.1, -0.05) is 60.1 Å². The molecule has 0 amide bonds. The van der Waals surface area contributed by atoms with Crippen molar-refractivity contribution in [3.8, 4) is 0 Å². The third kappa shape index (κ3) is 4.44. The van der Waals surface area contributed by atoms with Gasteiger partial charge in [-0.3, -0.25) is 0 Å². The van der Waals surface area contributed by atoms with Crippen LogP contribution in [-0.4, -0.2) is 18.3 Å². The summed E-state index contributed by atoms with van der Waals surface area (Å²) in [5, 5.41) is 9.16. The first-order chi connectivity index (χ1) is 24.1. The van der Waals surface area contributed by atoms with Crippen molar-refractivity contribution in [3.05, 3.63) is 114 Å². The summed E-state index contributed by atoms with van der Waals surface area (Å²) in [4.78, 5) is 0. The summed E-state index contributed by atoms with van der Waals surface area (Å²) in [7, 11) is -0.399. The maximum Gasteiger partial charge on any atom is 0.494 e. The highest BCUT2D eigenvalue weighted by Gasteiger charge is 2.51. The Morgan fingerprint density at radius 2 is 0.780 bits per heavy atom. The zero-order valence-corrected chi connectivity index (χ0v) is 28.6. The fourth-order valence-electron chi connectivity index (χ4n) is 7.10. The number of para-hydroxylation sites is 2. The average Bonchev–Trinajstić information content (AvgIpc) is 3.88. The second-order valence-electron chi connectivity index (χ2n) is 14.1. The van der Waals surface area contributed by atoms with Crippen LogP contribution in [0.25, 0.3) is 87.8 Å². The van der Waals surface area contributed by atoms with Crippen LogP contribution in [0.5, 0.6) is 0 Å². The molecule has 0 unspecified atom stereocenters. The van der Waals surface area contributed by atoms with Gasteiger partial charge in [0.25, 0.3) is 0 Å². The monoisotopic (exact) mass is 676 g/mol. The lowest BCUT2D eigenvalue weighted by Gasteiger charge is -2.32. The van der Waals surface area contributed by atoms with E-state index in [9.17, 15) is 0 Å². The molecule has 1 saturated heterocycles. The largest absolute Gasteiger partial charge is 0.494 e. The quantitative estimate of drug-likeness (QED) is 0.161. The van der Waals surface area contributed by atoms with Crippen LogP contribution in [0.4, 0.5) is 0 Å². The SMILES string of the molecule is CC1(C)OB(c2ccc3oc4cc5c(cc4c3c2)oc2ccccc25)OC1(C)C.Clc1ccc2oc3cc4c(cc3c2c1)oc1ccccc14. The smallest absolute Gasteiger partial charge is 0.456 e. The fraction of sp³-hybridized carbons (Fsp3) is 0.143. The number of rotatable bonds is 1. The van der Waals surface area contributed by atoms with Crippen molar-refractivity contribution in [2.24, 2.45) is 0 Å². The number of hydrogen-bond donors (Lipinski definition) is 0. The molecule has 0 aliphatic carbocycles. The number of furan rings is 4. The third-order valence-electron chi connectivity index (χ3n) is 10.4. The zero-order chi connectivity index (χ0) is 33.9. The lowest BCUT2D eigenvalue weighted by Crippen LogP contribution is -2.41. The normalized spacial score (nSPS) is 15.8. The summed E-state index contributed by atoms with van der Waals surface area (Å²) in [5.41, 5.74) is 7.15. The van der Waals surface area contributed by atoms with E-state index in [1.165, 1.54) is 0 Å². The first-order valence-corrected chi connectivity index (χ1v) is 17.1. The predicted octanol–water partition coefficient (Wildman–Crippen LogP) is 11.9. The lowest BCUT2D eigenvalue weighted by atomic mass is 9.78. The van der Waals surface area contributed by atoms with E-state index in [4.69, 9.17) is 38.6 Å². The van der Waals surface area contributed by atoms with Gasteiger partial charge in [-0.25, -0.2) is 0 Å². The van der Waals surface area contributed by atoms with E-state index in [0.717, 1.165) is 93.2 Å². The maximum atomic E-state index is 6.23. The zero-order valence-electron chi connectivity index (χ0n) is 27.8. The van der Waals surface area contributed by atoms with E-state index in [-0.39, 0.29) is 11.2 Å². The fourth-order valence-corrected chi connectivity index (χ4v) is 7.28. The second-order valence-corrected chi connectivity index (χ2v) is 14.5. The summed E-state index contributed by atoms with van der Waals surface area (Å²) in [6.07, 6.45) is 0. The molecule has 0 radical (unpaired) electrons. The molecule has 1 aliphatic heterocycles. The van der Waals surface area contributed by atoms with Crippen molar-refractivity contribution < 1.29 is 27.0 Å². The molecule has 0 saturated carbocycles. The number of hydrogen-bond acceptors (Lipinski definition) is 6. The Hall–Kier alpha value is -5.21. The second kappa shape index (κ2) is 10.4. The van der Waals surface area contributed by atoms with E-state index >= 15 is 0 Å². The van der Waals surface area contributed by atoms with Gasteiger partial charge in [0, 0.05) is 48.1 Å². The van der Waals surface area contributed by atoms with Gasteiger partial charge in [-0.15, -0.1) is 0 Å². The van der Waals surface area contributed by atoms with E-state index in [1.807, 2.05) is 78.9 Å². The molecule has 1 aliphatic rings. The van der Waals surface area contributed by atoms with Crippen LogP contribution >= 0.6 is 11.6 Å². The Kier molecular flexibility index (Phi) is 6.18. The molecule has 244 valence electrons. The molecule has 0 N–H and O–H groups in total. The van der Waals surface area contributed by atoms with Gasteiger partial charge in [-0.05, 0) is 93.8 Å². The molecule has 1 fully saturated rings. The van der Waals surface area contributed by atoms with Crippen LogP contribution in [0.15, 0.2) is 127 Å². The van der Waals surface area contributed by atoms with E-state index in [0.29, 0.717) is 5.02 Å². The average molecular weight is 677 g/mol. The Bertz CT molecular complexity index is 2960. The van der Waals surface area contributed by atoms with Crippen LogP contribution in [0, 0.1) is 0 Å². The Labute approximate surface area is 291 Å².